The first kappa shape index (κ1) is 15.1. The summed E-state index contributed by atoms with van der Waals surface area (Å²) in [6.07, 6.45) is 1.02. The van der Waals surface area contributed by atoms with E-state index in [0.717, 1.165) is 11.3 Å². The van der Waals surface area contributed by atoms with Gasteiger partial charge in [-0.25, -0.2) is 4.79 Å². The molecule has 0 bridgehead atoms. The fourth-order valence-electron chi connectivity index (χ4n) is 1.98. The number of nitrogens with zero attached hydrogens (tertiary/aromatic N) is 2. The molecule has 0 saturated heterocycles. The second kappa shape index (κ2) is 6.41. The molecule has 21 heavy (non-hydrogen) atoms. The maximum atomic E-state index is 12.3. The van der Waals surface area contributed by atoms with E-state index in [2.05, 4.69) is 0 Å². The van der Waals surface area contributed by atoms with Gasteiger partial charge in [-0.15, -0.1) is 0 Å². The van der Waals surface area contributed by atoms with Crippen molar-refractivity contribution in [2.24, 2.45) is 0 Å². The van der Waals surface area contributed by atoms with Gasteiger partial charge in [-0.2, -0.15) is 0 Å². The van der Waals surface area contributed by atoms with E-state index in [1.54, 1.807) is 26.2 Å². The molecular weight excluding hydrogens is 272 g/mol. The van der Waals surface area contributed by atoms with E-state index in [1.165, 1.54) is 28.5 Å². The minimum Gasteiger partial charge on any atom is -0.497 e. The van der Waals surface area contributed by atoms with Crippen molar-refractivity contribution in [1.29, 1.82) is 0 Å². The Morgan fingerprint density at radius 3 is 2.33 bits per heavy atom. The van der Waals surface area contributed by atoms with Crippen LogP contribution < -0.4 is 16.0 Å². The molecule has 0 N–H and O–H groups in total. The lowest BCUT2D eigenvalue weighted by molar-refractivity contribution is 0.0550. The minimum absolute atomic E-state index is 0.207. The van der Waals surface area contributed by atoms with E-state index >= 15 is 0 Å². The monoisotopic (exact) mass is 290 g/mol. The normalized spacial score (nSPS) is 12.1. The summed E-state index contributed by atoms with van der Waals surface area (Å²) >= 11 is 0. The molecule has 1 heterocycles. The van der Waals surface area contributed by atoms with Crippen molar-refractivity contribution in [3.63, 3.8) is 0 Å². The summed E-state index contributed by atoms with van der Waals surface area (Å²) in [6.45, 7) is 1.95. The lowest BCUT2D eigenvalue weighted by Crippen LogP contribution is -2.40. The molecule has 1 aromatic heterocycles. The molecule has 2 rings (SSSR count). The predicted octanol–water partition coefficient (Wildman–Crippen LogP) is 1.23. The molecule has 0 spiro atoms. The fraction of sp³-hybridized carbons (Fsp3) is 0.333. The van der Waals surface area contributed by atoms with Crippen LogP contribution in [0.3, 0.4) is 0 Å². The fourth-order valence-corrected chi connectivity index (χ4v) is 1.98. The highest BCUT2D eigenvalue weighted by molar-refractivity contribution is 5.27. The summed E-state index contributed by atoms with van der Waals surface area (Å²) in [5.74, 6) is 0.726. The molecule has 0 fully saturated rings. The number of ether oxygens (including phenoxy) is 2. The second-order valence-corrected chi connectivity index (χ2v) is 4.61. The largest absolute Gasteiger partial charge is 0.497 e. The van der Waals surface area contributed by atoms with Gasteiger partial charge in [0.1, 0.15) is 12.0 Å². The molecule has 0 radical (unpaired) electrons. The van der Waals surface area contributed by atoms with Crippen molar-refractivity contribution >= 4 is 0 Å². The van der Waals surface area contributed by atoms with Gasteiger partial charge in [0.15, 0.2) is 0 Å². The van der Waals surface area contributed by atoms with E-state index in [-0.39, 0.29) is 12.1 Å². The number of aromatic nitrogens is 2. The summed E-state index contributed by atoms with van der Waals surface area (Å²) in [6, 6.07) is 8.59. The molecule has 0 aliphatic heterocycles. The van der Waals surface area contributed by atoms with Crippen LogP contribution >= 0.6 is 0 Å². The second-order valence-electron chi connectivity index (χ2n) is 4.61. The first-order valence-corrected chi connectivity index (χ1v) is 6.54. The topological polar surface area (TPSA) is 62.5 Å². The van der Waals surface area contributed by atoms with Gasteiger partial charge in [0.05, 0.1) is 13.7 Å². The zero-order valence-corrected chi connectivity index (χ0v) is 12.3. The highest BCUT2D eigenvalue weighted by atomic mass is 16.5. The Morgan fingerprint density at radius 1 is 1.10 bits per heavy atom. The molecule has 0 amide bonds. The van der Waals surface area contributed by atoms with Crippen LogP contribution in [0.1, 0.15) is 18.7 Å². The van der Waals surface area contributed by atoms with Crippen LogP contribution in [0, 0.1) is 0 Å². The van der Waals surface area contributed by atoms with Gasteiger partial charge in [-0.3, -0.25) is 13.9 Å². The summed E-state index contributed by atoms with van der Waals surface area (Å²) in [4.78, 5) is 24.3. The third kappa shape index (κ3) is 3.22. The molecule has 0 saturated carbocycles. The highest BCUT2D eigenvalue weighted by Crippen LogP contribution is 2.11. The number of hydrogen-bond acceptors (Lipinski definition) is 4. The lowest BCUT2D eigenvalue weighted by Gasteiger charge is -2.15. The van der Waals surface area contributed by atoms with Gasteiger partial charge < -0.3 is 9.47 Å². The van der Waals surface area contributed by atoms with Crippen molar-refractivity contribution in [3.05, 3.63) is 62.9 Å². The predicted molar refractivity (Wildman–Crippen MR) is 78.8 cm³/mol. The molecule has 1 aromatic carbocycles. The third-order valence-electron chi connectivity index (χ3n) is 3.33. The van der Waals surface area contributed by atoms with Gasteiger partial charge in [-0.05, 0) is 24.6 Å². The van der Waals surface area contributed by atoms with Gasteiger partial charge in [0.2, 0.25) is 0 Å². The Kier molecular flexibility index (Phi) is 4.59. The van der Waals surface area contributed by atoms with E-state index in [0.29, 0.717) is 0 Å². The van der Waals surface area contributed by atoms with Crippen molar-refractivity contribution < 1.29 is 9.47 Å². The van der Waals surface area contributed by atoms with Crippen molar-refractivity contribution in [1.82, 2.24) is 9.13 Å². The number of rotatable bonds is 5. The number of benzene rings is 1. The van der Waals surface area contributed by atoms with Gasteiger partial charge in [0.25, 0.3) is 5.56 Å². The molecule has 0 aliphatic carbocycles. The van der Waals surface area contributed by atoms with Crippen molar-refractivity contribution in [2.75, 3.05) is 14.2 Å². The van der Waals surface area contributed by atoms with E-state index in [4.69, 9.17) is 9.47 Å². The number of methoxy groups -OCH3 is 2. The average Bonchev–Trinajstić information content (AvgIpc) is 2.51. The van der Waals surface area contributed by atoms with Crippen LogP contribution in [0.25, 0.3) is 0 Å². The van der Waals surface area contributed by atoms with Crippen LogP contribution in [0.5, 0.6) is 5.75 Å². The Bertz CT molecular complexity index is 716. The first-order valence-electron chi connectivity index (χ1n) is 6.54. The maximum Gasteiger partial charge on any atom is 0.333 e. The molecule has 6 nitrogen and oxygen atoms in total. The quantitative estimate of drug-likeness (QED) is 0.831. The number of hydrogen-bond donors (Lipinski definition) is 0. The van der Waals surface area contributed by atoms with Crippen molar-refractivity contribution in [2.45, 2.75) is 19.7 Å². The van der Waals surface area contributed by atoms with Crippen LogP contribution in [0.4, 0.5) is 0 Å². The summed E-state index contributed by atoms with van der Waals surface area (Å²) in [7, 11) is 3.09. The molecule has 6 heteroatoms. The summed E-state index contributed by atoms with van der Waals surface area (Å²) < 4.78 is 12.8. The SMILES string of the molecule is COc1ccc(Cn2c(=O)ccn([C@@H](C)OC)c2=O)cc1. The van der Waals surface area contributed by atoms with E-state index in [1.807, 2.05) is 12.1 Å². The molecule has 2 aromatic rings. The van der Waals surface area contributed by atoms with Gasteiger partial charge in [0, 0.05) is 19.4 Å². The summed E-state index contributed by atoms with van der Waals surface area (Å²) in [5.41, 5.74) is 0.112. The Morgan fingerprint density at radius 2 is 1.76 bits per heavy atom. The van der Waals surface area contributed by atoms with Crippen LogP contribution in [-0.4, -0.2) is 23.4 Å². The lowest BCUT2D eigenvalue weighted by atomic mass is 10.2. The molecule has 0 aliphatic rings. The standard InChI is InChI=1S/C15H18N2O4/c1-11(20-2)16-9-8-14(18)17(15(16)19)10-12-4-6-13(21-3)7-5-12/h4-9,11H,10H2,1-3H3/t11-/m1/s1. The van der Waals surface area contributed by atoms with Crippen molar-refractivity contribution in [3.8, 4) is 5.75 Å². The zero-order valence-electron chi connectivity index (χ0n) is 12.3. The van der Waals surface area contributed by atoms with Crippen LogP contribution in [-0.2, 0) is 11.3 Å². The highest BCUT2D eigenvalue weighted by Gasteiger charge is 2.10. The zero-order chi connectivity index (χ0) is 15.4. The van der Waals surface area contributed by atoms with E-state index in [9.17, 15) is 9.59 Å². The molecule has 0 unspecified atom stereocenters. The third-order valence-corrected chi connectivity index (χ3v) is 3.33. The molecule has 112 valence electrons. The van der Waals surface area contributed by atoms with Gasteiger partial charge >= 0.3 is 5.69 Å². The first-order chi connectivity index (χ1) is 10.1. The Hall–Kier alpha value is -2.34. The Balaban J connectivity index is 2.39. The van der Waals surface area contributed by atoms with Crippen LogP contribution in [0.2, 0.25) is 0 Å². The maximum absolute atomic E-state index is 12.3. The summed E-state index contributed by atoms with van der Waals surface area (Å²) in [5, 5.41) is 0. The molecule has 1 atom stereocenters. The van der Waals surface area contributed by atoms with Gasteiger partial charge in [-0.1, -0.05) is 12.1 Å². The average molecular weight is 290 g/mol. The van der Waals surface area contributed by atoms with E-state index < -0.39 is 11.9 Å². The molecular formula is C15H18N2O4. The minimum atomic E-state index is -0.430. The smallest absolute Gasteiger partial charge is 0.333 e. The van der Waals surface area contributed by atoms with Crippen LogP contribution in [0.15, 0.2) is 46.1 Å². The Labute approximate surface area is 122 Å².